The van der Waals surface area contributed by atoms with Crippen LogP contribution >= 0.6 is 0 Å². The van der Waals surface area contributed by atoms with E-state index in [1.807, 2.05) is 130 Å². The lowest BCUT2D eigenvalue weighted by atomic mass is 9.94. The van der Waals surface area contributed by atoms with E-state index in [2.05, 4.69) is 0 Å². The molecule has 0 aliphatic rings. The molecule has 0 heterocycles. The van der Waals surface area contributed by atoms with Gasteiger partial charge >= 0.3 is 0 Å². The molecule has 5 rings (SSSR count). The first-order valence-electron chi connectivity index (χ1n) is 15.0. The molecule has 0 fully saturated rings. The van der Waals surface area contributed by atoms with Crippen molar-refractivity contribution in [3.05, 3.63) is 160 Å². The highest BCUT2D eigenvalue weighted by atomic mass is 16.5. The van der Waals surface area contributed by atoms with Crippen LogP contribution in [0.25, 0.3) is 6.08 Å². The summed E-state index contributed by atoms with van der Waals surface area (Å²) in [7, 11) is 1.63. The van der Waals surface area contributed by atoms with E-state index in [1.165, 1.54) is 0 Å². The van der Waals surface area contributed by atoms with E-state index < -0.39 is 0 Å². The summed E-state index contributed by atoms with van der Waals surface area (Å²) in [5, 5.41) is 0. The molecular formula is C40H38O5. The van der Waals surface area contributed by atoms with E-state index in [9.17, 15) is 4.79 Å². The summed E-state index contributed by atoms with van der Waals surface area (Å²) < 4.78 is 24.4. The smallest absolute Gasteiger partial charge is 0.190 e. The third kappa shape index (κ3) is 7.81. The summed E-state index contributed by atoms with van der Waals surface area (Å²) in [5.74, 6) is 2.35. The molecule has 0 saturated carbocycles. The number of benzene rings is 5. The number of carbonyl (C=O) groups excluding carboxylic acids is 1. The zero-order valence-corrected chi connectivity index (χ0v) is 26.2. The maximum absolute atomic E-state index is 13.9. The Bertz CT molecular complexity index is 1760. The van der Waals surface area contributed by atoms with Crippen LogP contribution in [0.15, 0.2) is 115 Å². The summed E-state index contributed by atoms with van der Waals surface area (Å²) in [4.78, 5) is 13.9. The van der Waals surface area contributed by atoms with E-state index >= 15 is 0 Å². The lowest BCUT2D eigenvalue weighted by Gasteiger charge is -2.20. The lowest BCUT2D eigenvalue weighted by Crippen LogP contribution is -2.10. The number of hydrogen-bond donors (Lipinski definition) is 0. The van der Waals surface area contributed by atoms with E-state index in [1.54, 1.807) is 19.3 Å². The summed E-state index contributed by atoms with van der Waals surface area (Å²) in [6.45, 7) is 7.00. The molecule has 228 valence electrons. The van der Waals surface area contributed by atoms with Gasteiger partial charge in [0.05, 0.1) is 12.7 Å². The van der Waals surface area contributed by atoms with E-state index in [0.717, 1.165) is 38.9 Å². The third-order valence-corrected chi connectivity index (χ3v) is 7.75. The van der Waals surface area contributed by atoms with Crippen LogP contribution in [0, 0.1) is 20.8 Å². The van der Waals surface area contributed by atoms with Crippen molar-refractivity contribution in [3.63, 3.8) is 0 Å². The molecule has 5 aromatic rings. The largest absolute Gasteiger partial charge is 0.496 e. The minimum Gasteiger partial charge on any atom is -0.496 e. The Morgan fingerprint density at radius 1 is 0.600 bits per heavy atom. The normalized spacial score (nSPS) is 10.9. The quantitative estimate of drug-likeness (QED) is 0.0999. The van der Waals surface area contributed by atoms with Crippen molar-refractivity contribution in [2.75, 3.05) is 7.11 Å². The minimum atomic E-state index is -0.185. The first-order valence-corrected chi connectivity index (χ1v) is 15.0. The van der Waals surface area contributed by atoms with Crippen molar-refractivity contribution in [3.8, 4) is 23.0 Å². The van der Waals surface area contributed by atoms with Crippen molar-refractivity contribution in [2.24, 2.45) is 0 Å². The van der Waals surface area contributed by atoms with E-state index in [-0.39, 0.29) is 5.78 Å². The van der Waals surface area contributed by atoms with Gasteiger partial charge in [-0.3, -0.25) is 4.79 Å². The van der Waals surface area contributed by atoms with Crippen LogP contribution in [0.3, 0.4) is 0 Å². The molecule has 0 unspecified atom stereocenters. The Labute approximate surface area is 265 Å². The van der Waals surface area contributed by atoms with Gasteiger partial charge in [-0.1, -0.05) is 91.0 Å². The number of ether oxygens (including phenoxy) is 4. The summed E-state index contributed by atoms with van der Waals surface area (Å²) in [5.41, 5.74) is 6.93. The maximum Gasteiger partial charge on any atom is 0.190 e. The molecule has 0 aliphatic carbocycles. The number of rotatable bonds is 13. The topological polar surface area (TPSA) is 54.0 Å². The second kappa shape index (κ2) is 14.9. The zero-order valence-electron chi connectivity index (χ0n) is 26.2. The maximum atomic E-state index is 13.9. The van der Waals surface area contributed by atoms with Crippen LogP contribution < -0.4 is 18.9 Å². The highest BCUT2D eigenvalue weighted by Gasteiger charge is 2.23. The molecule has 0 saturated heterocycles. The zero-order chi connectivity index (χ0) is 31.6. The number of hydrogen-bond acceptors (Lipinski definition) is 5. The second-order valence-electron chi connectivity index (χ2n) is 10.8. The molecule has 0 aliphatic heterocycles. The van der Waals surface area contributed by atoms with Crippen LogP contribution in [-0.2, 0) is 19.8 Å². The van der Waals surface area contributed by atoms with Gasteiger partial charge in [-0.15, -0.1) is 0 Å². The van der Waals surface area contributed by atoms with Gasteiger partial charge in [0.25, 0.3) is 0 Å². The fourth-order valence-electron chi connectivity index (χ4n) is 5.20. The molecule has 0 radical (unpaired) electrons. The van der Waals surface area contributed by atoms with Gasteiger partial charge < -0.3 is 18.9 Å². The van der Waals surface area contributed by atoms with Crippen molar-refractivity contribution in [2.45, 2.75) is 40.6 Å². The third-order valence-electron chi connectivity index (χ3n) is 7.75. The van der Waals surface area contributed by atoms with Crippen LogP contribution in [0.2, 0.25) is 0 Å². The minimum absolute atomic E-state index is 0.185. The fraction of sp³-hybridized carbons (Fsp3) is 0.175. The van der Waals surface area contributed by atoms with Gasteiger partial charge in [-0.25, -0.2) is 0 Å². The van der Waals surface area contributed by atoms with Crippen molar-refractivity contribution in [1.82, 2.24) is 0 Å². The Kier molecular flexibility index (Phi) is 10.3. The Balaban J connectivity index is 1.44. The van der Waals surface area contributed by atoms with E-state index in [0.29, 0.717) is 48.4 Å². The first kappa shape index (κ1) is 31.1. The number of methoxy groups -OCH3 is 1. The van der Waals surface area contributed by atoms with Gasteiger partial charge in [-0.2, -0.15) is 0 Å². The molecule has 45 heavy (non-hydrogen) atoms. The molecule has 5 aromatic carbocycles. The number of allylic oxidation sites excluding steroid dienone is 1. The average Bonchev–Trinajstić information content (AvgIpc) is 3.08. The van der Waals surface area contributed by atoms with Crippen molar-refractivity contribution < 1.29 is 23.7 Å². The lowest BCUT2D eigenvalue weighted by molar-refractivity contribution is 0.104. The monoisotopic (exact) mass is 598 g/mol. The van der Waals surface area contributed by atoms with Crippen LogP contribution in [-0.4, -0.2) is 12.9 Å². The molecule has 5 heteroatoms. The van der Waals surface area contributed by atoms with Gasteiger partial charge in [0.1, 0.15) is 42.8 Å². The predicted molar refractivity (Wildman–Crippen MR) is 179 cm³/mol. The number of ketones is 1. The summed E-state index contributed by atoms with van der Waals surface area (Å²) in [6, 6.07) is 35.6. The molecule has 0 bridgehead atoms. The Hall–Kier alpha value is -5.29. The average molecular weight is 599 g/mol. The van der Waals surface area contributed by atoms with Gasteiger partial charge in [0, 0.05) is 17.2 Å². The van der Waals surface area contributed by atoms with Crippen LogP contribution in [0.4, 0.5) is 0 Å². The molecule has 0 N–H and O–H groups in total. The van der Waals surface area contributed by atoms with Crippen molar-refractivity contribution in [1.29, 1.82) is 0 Å². The second-order valence-corrected chi connectivity index (χ2v) is 10.8. The molecule has 0 spiro atoms. The number of carbonyl (C=O) groups is 1. The highest BCUT2D eigenvalue weighted by Crippen LogP contribution is 2.39. The first-order chi connectivity index (χ1) is 21.9. The van der Waals surface area contributed by atoms with Crippen LogP contribution in [0.1, 0.15) is 49.3 Å². The SMILES string of the molecule is COc1c(C)c(C)c(OCc2ccccc2)c(C(=O)C=Cc2ccc(OCc3ccccc3)cc2OCc2ccccc2)c1C. The summed E-state index contributed by atoms with van der Waals surface area (Å²) >= 11 is 0. The Morgan fingerprint density at radius 2 is 1.11 bits per heavy atom. The van der Waals surface area contributed by atoms with Gasteiger partial charge in [0.15, 0.2) is 5.78 Å². The summed E-state index contributed by atoms with van der Waals surface area (Å²) in [6.07, 6.45) is 3.35. The van der Waals surface area contributed by atoms with Gasteiger partial charge in [-0.05, 0) is 72.9 Å². The predicted octanol–water partition coefficient (Wildman–Crippen LogP) is 9.25. The molecular weight excluding hydrogens is 560 g/mol. The fourth-order valence-corrected chi connectivity index (χ4v) is 5.20. The molecule has 0 atom stereocenters. The van der Waals surface area contributed by atoms with Crippen molar-refractivity contribution >= 4 is 11.9 Å². The highest BCUT2D eigenvalue weighted by molar-refractivity contribution is 6.10. The van der Waals surface area contributed by atoms with E-state index in [4.69, 9.17) is 18.9 Å². The molecule has 5 nitrogen and oxygen atoms in total. The Morgan fingerprint density at radius 3 is 1.67 bits per heavy atom. The molecule has 0 aromatic heterocycles. The van der Waals surface area contributed by atoms with Crippen LogP contribution in [0.5, 0.6) is 23.0 Å². The van der Waals surface area contributed by atoms with Gasteiger partial charge in [0.2, 0.25) is 0 Å². The standard InChI is InChI=1S/C40H38O5/c1-28-29(2)40(45-27-33-18-12-7-13-19-33)38(30(3)39(28)42-4)36(41)23-21-34-20-22-35(43-25-31-14-8-5-9-15-31)24-37(34)44-26-32-16-10-6-11-17-32/h5-24H,25-27H2,1-4H3. The molecule has 0 amide bonds.